The number of hydrogen-bond donors (Lipinski definition) is 2. The molecule has 1 saturated heterocycles. The lowest BCUT2D eigenvalue weighted by Gasteiger charge is -2.24. The van der Waals surface area contributed by atoms with Crippen molar-refractivity contribution in [1.82, 2.24) is 5.32 Å². The Hall–Kier alpha value is -1.13. The van der Waals surface area contributed by atoms with Gasteiger partial charge in [0.1, 0.15) is 5.82 Å². The molecule has 4 heteroatoms. The molecule has 0 aliphatic carbocycles. The van der Waals surface area contributed by atoms with Crippen LogP contribution >= 0.6 is 0 Å². The van der Waals surface area contributed by atoms with E-state index in [1.807, 2.05) is 13.0 Å². The van der Waals surface area contributed by atoms with Crippen LogP contribution in [0, 0.1) is 5.82 Å². The van der Waals surface area contributed by atoms with Gasteiger partial charge in [-0.2, -0.15) is 0 Å². The van der Waals surface area contributed by atoms with E-state index in [9.17, 15) is 9.50 Å². The number of aliphatic hydroxyl groups is 1. The monoisotopic (exact) mass is 266 g/mol. The Bertz CT molecular complexity index is 446. The summed E-state index contributed by atoms with van der Waals surface area (Å²) in [7, 11) is 0. The van der Waals surface area contributed by atoms with E-state index in [-0.39, 0.29) is 5.82 Å². The Morgan fingerprint density at radius 1 is 1.47 bits per heavy atom. The van der Waals surface area contributed by atoms with Crippen molar-refractivity contribution in [2.75, 3.05) is 18.0 Å². The van der Waals surface area contributed by atoms with Crippen molar-refractivity contribution in [3.63, 3.8) is 0 Å². The minimum atomic E-state index is -0.642. The molecule has 1 aromatic carbocycles. The van der Waals surface area contributed by atoms with Crippen LogP contribution in [0.25, 0.3) is 0 Å². The fourth-order valence-corrected chi connectivity index (χ4v) is 2.47. The molecule has 0 radical (unpaired) electrons. The molecule has 0 bridgehead atoms. The van der Waals surface area contributed by atoms with E-state index >= 15 is 0 Å². The highest BCUT2D eigenvalue weighted by molar-refractivity contribution is 5.55. The maximum Gasteiger partial charge on any atom is 0.123 e. The molecular weight excluding hydrogens is 243 g/mol. The number of benzene rings is 1. The third-order valence-corrected chi connectivity index (χ3v) is 3.53. The smallest absolute Gasteiger partial charge is 0.123 e. The van der Waals surface area contributed by atoms with Gasteiger partial charge in [-0.3, -0.25) is 0 Å². The van der Waals surface area contributed by atoms with Crippen LogP contribution in [0.3, 0.4) is 0 Å². The molecule has 1 aromatic rings. The highest BCUT2D eigenvalue weighted by Gasteiger charge is 2.32. The highest BCUT2D eigenvalue weighted by Crippen LogP contribution is 2.29. The molecule has 1 unspecified atom stereocenters. The lowest BCUT2D eigenvalue weighted by molar-refractivity contribution is 0.0839. The maximum atomic E-state index is 13.4. The van der Waals surface area contributed by atoms with E-state index in [0.717, 1.165) is 24.2 Å². The first kappa shape index (κ1) is 14.3. The summed E-state index contributed by atoms with van der Waals surface area (Å²) in [5, 5.41) is 13.4. The molecule has 0 aromatic heterocycles. The molecule has 0 spiro atoms. The van der Waals surface area contributed by atoms with Crippen molar-refractivity contribution >= 4 is 5.69 Å². The van der Waals surface area contributed by atoms with Crippen LogP contribution in [-0.4, -0.2) is 29.8 Å². The van der Waals surface area contributed by atoms with Crippen LogP contribution in [-0.2, 0) is 6.54 Å². The topological polar surface area (TPSA) is 35.5 Å². The van der Waals surface area contributed by atoms with Gasteiger partial charge in [-0.15, -0.1) is 0 Å². The predicted molar refractivity (Wildman–Crippen MR) is 75.8 cm³/mol. The molecule has 106 valence electrons. The van der Waals surface area contributed by atoms with Gasteiger partial charge in [0.25, 0.3) is 0 Å². The van der Waals surface area contributed by atoms with E-state index in [1.54, 1.807) is 6.07 Å². The average molecular weight is 266 g/mol. The van der Waals surface area contributed by atoms with Crippen LogP contribution in [0.5, 0.6) is 0 Å². The lowest BCUT2D eigenvalue weighted by Crippen LogP contribution is -2.31. The zero-order chi connectivity index (χ0) is 14.0. The van der Waals surface area contributed by atoms with E-state index in [1.165, 1.54) is 6.07 Å². The van der Waals surface area contributed by atoms with Crippen LogP contribution < -0.4 is 10.2 Å². The summed E-state index contributed by atoms with van der Waals surface area (Å²) < 4.78 is 13.4. The number of nitrogens with zero attached hydrogens (tertiary/aromatic N) is 1. The van der Waals surface area contributed by atoms with E-state index < -0.39 is 5.60 Å². The zero-order valence-electron chi connectivity index (χ0n) is 11.9. The number of anilines is 1. The van der Waals surface area contributed by atoms with Gasteiger partial charge in [-0.1, -0.05) is 13.8 Å². The first-order valence-electron chi connectivity index (χ1n) is 6.86. The normalized spacial score (nSPS) is 23.4. The van der Waals surface area contributed by atoms with Gasteiger partial charge in [0.2, 0.25) is 0 Å². The number of nitrogens with one attached hydrogen (secondary N) is 1. The number of β-amino-alcohol motifs (C(OH)–C–C–N with tert-alkyl or cyclic N) is 1. The van der Waals surface area contributed by atoms with E-state index in [0.29, 0.717) is 19.1 Å². The second kappa shape index (κ2) is 5.47. The summed E-state index contributed by atoms with van der Waals surface area (Å²) in [6, 6.07) is 5.24. The molecule has 1 aliphatic heterocycles. The third-order valence-electron chi connectivity index (χ3n) is 3.53. The molecule has 1 fully saturated rings. The third kappa shape index (κ3) is 3.67. The molecule has 19 heavy (non-hydrogen) atoms. The molecule has 2 N–H and O–H groups in total. The van der Waals surface area contributed by atoms with E-state index in [4.69, 9.17) is 0 Å². The van der Waals surface area contributed by atoms with Crippen LogP contribution in [0.2, 0.25) is 0 Å². The minimum absolute atomic E-state index is 0.213. The van der Waals surface area contributed by atoms with Gasteiger partial charge in [0, 0.05) is 31.4 Å². The van der Waals surface area contributed by atoms with Gasteiger partial charge in [0.05, 0.1) is 5.60 Å². The first-order chi connectivity index (χ1) is 8.87. The Morgan fingerprint density at radius 3 is 2.79 bits per heavy atom. The number of rotatable bonds is 4. The SMILES string of the molecule is CC(C)NCc1cc(F)ccc1N1CCC(C)(O)C1. The quantitative estimate of drug-likeness (QED) is 0.877. The predicted octanol–water partition coefficient (Wildman–Crippen LogP) is 2.28. The molecule has 0 amide bonds. The Labute approximate surface area is 114 Å². The average Bonchev–Trinajstić information content (AvgIpc) is 2.67. The second-order valence-electron chi connectivity index (χ2n) is 5.98. The summed E-state index contributed by atoms with van der Waals surface area (Å²) in [5.41, 5.74) is 1.33. The molecule has 3 nitrogen and oxygen atoms in total. The van der Waals surface area contributed by atoms with Gasteiger partial charge >= 0.3 is 0 Å². The van der Waals surface area contributed by atoms with Crippen molar-refractivity contribution in [1.29, 1.82) is 0 Å². The summed E-state index contributed by atoms with van der Waals surface area (Å²) in [6.45, 7) is 8.05. The highest BCUT2D eigenvalue weighted by atomic mass is 19.1. The molecule has 0 saturated carbocycles. The number of halogens is 1. The van der Waals surface area contributed by atoms with Crippen molar-refractivity contribution < 1.29 is 9.50 Å². The maximum absolute atomic E-state index is 13.4. The molecule has 2 rings (SSSR count). The van der Waals surface area contributed by atoms with Gasteiger partial charge in [-0.25, -0.2) is 4.39 Å². The molecule has 1 atom stereocenters. The summed E-state index contributed by atoms with van der Waals surface area (Å²) >= 11 is 0. The van der Waals surface area contributed by atoms with Crippen molar-refractivity contribution in [3.05, 3.63) is 29.6 Å². The Morgan fingerprint density at radius 2 is 2.21 bits per heavy atom. The van der Waals surface area contributed by atoms with Crippen molar-refractivity contribution in [3.8, 4) is 0 Å². The standard InChI is InChI=1S/C15H23FN2O/c1-11(2)17-9-12-8-13(16)4-5-14(12)18-7-6-15(3,19)10-18/h4-5,8,11,17,19H,6-7,9-10H2,1-3H3. The number of hydrogen-bond acceptors (Lipinski definition) is 3. The van der Waals surface area contributed by atoms with Gasteiger partial charge in [0.15, 0.2) is 0 Å². The lowest BCUT2D eigenvalue weighted by atomic mass is 10.1. The van der Waals surface area contributed by atoms with Crippen molar-refractivity contribution in [2.24, 2.45) is 0 Å². The van der Waals surface area contributed by atoms with Crippen LogP contribution in [0.15, 0.2) is 18.2 Å². The fourth-order valence-electron chi connectivity index (χ4n) is 2.47. The summed E-state index contributed by atoms with van der Waals surface area (Å²) in [5.74, 6) is -0.213. The largest absolute Gasteiger partial charge is 0.388 e. The van der Waals surface area contributed by atoms with Gasteiger partial charge in [-0.05, 0) is 37.1 Å². The van der Waals surface area contributed by atoms with E-state index in [2.05, 4.69) is 24.1 Å². The fraction of sp³-hybridized carbons (Fsp3) is 0.600. The first-order valence-corrected chi connectivity index (χ1v) is 6.86. The van der Waals surface area contributed by atoms with Crippen molar-refractivity contribution in [2.45, 2.75) is 45.4 Å². The minimum Gasteiger partial charge on any atom is -0.388 e. The Balaban J connectivity index is 2.19. The summed E-state index contributed by atoms with van der Waals surface area (Å²) in [6.07, 6.45) is 0.751. The second-order valence-corrected chi connectivity index (χ2v) is 5.98. The van der Waals surface area contributed by atoms with Crippen LogP contribution in [0.4, 0.5) is 10.1 Å². The van der Waals surface area contributed by atoms with Gasteiger partial charge < -0.3 is 15.3 Å². The van der Waals surface area contributed by atoms with Crippen LogP contribution in [0.1, 0.15) is 32.8 Å². The Kier molecular flexibility index (Phi) is 4.11. The zero-order valence-corrected chi connectivity index (χ0v) is 11.9. The summed E-state index contributed by atoms with van der Waals surface area (Å²) in [4.78, 5) is 2.14. The molecule has 1 aliphatic rings. The molecular formula is C15H23FN2O. The molecule has 1 heterocycles.